The van der Waals surface area contributed by atoms with Crippen molar-refractivity contribution < 1.29 is 13.2 Å². The van der Waals surface area contributed by atoms with Crippen LogP contribution in [0.1, 0.15) is 11.1 Å². The highest BCUT2D eigenvalue weighted by Crippen LogP contribution is 2.31. The third kappa shape index (κ3) is 6.08. The summed E-state index contributed by atoms with van der Waals surface area (Å²) in [4.78, 5) is 15.0. The van der Waals surface area contributed by atoms with E-state index in [2.05, 4.69) is 10.0 Å². The number of benzene rings is 4. The molecule has 0 aromatic heterocycles. The molecule has 9 heteroatoms. The molecule has 2 amide bonds. The summed E-state index contributed by atoms with van der Waals surface area (Å²) in [6.45, 7) is 0.233. The van der Waals surface area contributed by atoms with E-state index in [1.807, 2.05) is 66.7 Å². The number of hydrogen-bond acceptors (Lipinski definition) is 4. The van der Waals surface area contributed by atoms with E-state index >= 15 is 0 Å². The second-order valence-electron chi connectivity index (χ2n) is 7.96. The van der Waals surface area contributed by atoms with Crippen LogP contribution in [0.15, 0.2) is 103 Å². The minimum atomic E-state index is -2.91. The van der Waals surface area contributed by atoms with Crippen molar-refractivity contribution in [2.75, 3.05) is 14.9 Å². The van der Waals surface area contributed by atoms with Crippen molar-refractivity contribution in [3.8, 4) is 11.1 Å². The van der Waals surface area contributed by atoms with Gasteiger partial charge in [0.2, 0.25) is 10.9 Å². The van der Waals surface area contributed by atoms with Crippen LogP contribution in [0.25, 0.3) is 11.1 Å². The first-order valence-electron chi connectivity index (χ1n) is 11.1. The van der Waals surface area contributed by atoms with E-state index in [4.69, 9.17) is 11.1 Å². The van der Waals surface area contributed by atoms with E-state index in [1.165, 1.54) is 0 Å². The molecule has 182 valence electrons. The number of nitrogens with two attached hydrogens (primary N) is 1. The van der Waals surface area contributed by atoms with Crippen molar-refractivity contribution in [2.24, 2.45) is 5.73 Å². The van der Waals surface area contributed by atoms with Gasteiger partial charge in [-0.15, -0.1) is 0 Å². The zero-order valence-electron chi connectivity index (χ0n) is 19.2. The van der Waals surface area contributed by atoms with Gasteiger partial charge in [0.15, 0.2) is 0 Å². The van der Waals surface area contributed by atoms with Crippen LogP contribution in [0.4, 0.5) is 21.9 Å². The highest BCUT2D eigenvalue weighted by atomic mass is 32.2. The maximum Gasteiger partial charge on any atom is 0.326 e. The number of nitrogens with one attached hydrogen (secondary N) is 3. The number of hydrogen-bond donors (Lipinski definition) is 5. The highest BCUT2D eigenvalue weighted by Gasteiger charge is 2.18. The number of para-hydroxylation sites is 1. The molecule has 5 N–H and O–H groups in total. The molecule has 0 atom stereocenters. The number of amides is 2. The maximum absolute atomic E-state index is 13.4. The molecule has 36 heavy (non-hydrogen) atoms. The van der Waals surface area contributed by atoms with Crippen LogP contribution in [-0.4, -0.2) is 20.3 Å². The largest absolute Gasteiger partial charge is 0.384 e. The lowest BCUT2D eigenvalue weighted by Crippen LogP contribution is -2.34. The maximum atomic E-state index is 13.4. The summed E-state index contributed by atoms with van der Waals surface area (Å²) in [6.07, 6.45) is 0. The molecule has 0 unspecified atom stereocenters. The van der Waals surface area contributed by atoms with E-state index in [0.717, 1.165) is 11.1 Å². The Kier molecular flexibility index (Phi) is 7.62. The standard InChI is InChI=1S/C27H25N5O3S/c28-26(29)21-11-7-8-19(16-21)18-32(23-12-5-2-6-13-23)27(33)30-22-14-15-24(20-9-3-1-4-10-20)25(17-22)31-36(34)35/h1-17,36H,18H2,(H3,28,29)(H,30,33)(H,31,34,35). The summed E-state index contributed by atoms with van der Waals surface area (Å²) in [7, 11) is -2.91. The number of carbonyl (C=O) groups is 1. The number of rotatable bonds is 8. The fourth-order valence-electron chi connectivity index (χ4n) is 3.78. The third-order valence-corrected chi connectivity index (χ3v) is 5.88. The summed E-state index contributed by atoms with van der Waals surface area (Å²) in [5.74, 6) is -0.0530. The number of carbonyl (C=O) groups excluding carboxylic acids is 1. The van der Waals surface area contributed by atoms with E-state index in [1.54, 1.807) is 41.3 Å². The van der Waals surface area contributed by atoms with E-state index < -0.39 is 16.9 Å². The molecule has 0 aliphatic rings. The van der Waals surface area contributed by atoms with Gasteiger partial charge in [-0.05, 0) is 41.5 Å². The Morgan fingerprint density at radius 3 is 2.22 bits per heavy atom. The van der Waals surface area contributed by atoms with Gasteiger partial charge in [0.1, 0.15) is 5.84 Å². The molecule has 0 heterocycles. The lowest BCUT2D eigenvalue weighted by atomic mass is 10.0. The molecule has 0 radical (unpaired) electrons. The quantitative estimate of drug-likeness (QED) is 0.135. The van der Waals surface area contributed by atoms with Gasteiger partial charge < -0.3 is 11.1 Å². The second kappa shape index (κ2) is 11.2. The molecular weight excluding hydrogens is 474 g/mol. The summed E-state index contributed by atoms with van der Waals surface area (Å²) in [5, 5.41) is 10.6. The number of thiol groups is 1. The second-order valence-corrected chi connectivity index (χ2v) is 8.70. The Hall–Kier alpha value is -4.63. The van der Waals surface area contributed by atoms with E-state index in [9.17, 15) is 13.2 Å². The predicted molar refractivity (Wildman–Crippen MR) is 145 cm³/mol. The van der Waals surface area contributed by atoms with Crippen LogP contribution >= 0.6 is 0 Å². The van der Waals surface area contributed by atoms with Crippen molar-refractivity contribution in [3.05, 3.63) is 114 Å². The number of nitrogen functional groups attached to an aromatic ring is 1. The van der Waals surface area contributed by atoms with Gasteiger partial charge in [0.05, 0.1) is 12.2 Å². The first-order chi connectivity index (χ1) is 17.4. The third-order valence-electron chi connectivity index (χ3n) is 5.46. The van der Waals surface area contributed by atoms with Crippen LogP contribution in [-0.2, 0) is 17.4 Å². The smallest absolute Gasteiger partial charge is 0.326 e. The van der Waals surface area contributed by atoms with E-state index in [-0.39, 0.29) is 12.4 Å². The van der Waals surface area contributed by atoms with Crippen LogP contribution < -0.4 is 20.7 Å². The zero-order chi connectivity index (χ0) is 25.5. The molecule has 0 saturated carbocycles. The van der Waals surface area contributed by atoms with Crippen LogP contribution in [0.3, 0.4) is 0 Å². The van der Waals surface area contributed by atoms with Gasteiger partial charge in [0, 0.05) is 22.5 Å². The molecule has 0 saturated heterocycles. The number of nitrogens with zero attached hydrogens (tertiary/aromatic N) is 1. The van der Waals surface area contributed by atoms with Gasteiger partial charge in [-0.3, -0.25) is 15.0 Å². The number of amidine groups is 1. The lowest BCUT2D eigenvalue weighted by Gasteiger charge is -2.24. The Balaban J connectivity index is 1.64. The molecule has 0 aliphatic carbocycles. The first-order valence-corrected chi connectivity index (χ1v) is 12.3. The van der Waals surface area contributed by atoms with Gasteiger partial charge in [-0.2, -0.15) is 0 Å². The Morgan fingerprint density at radius 2 is 1.56 bits per heavy atom. The molecule has 4 rings (SSSR count). The molecule has 4 aromatic carbocycles. The molecule has 0 spiro atoms. The topological polar surface area (TPSA) is 128 Å². The first kappa shape index (κ1) is 24.5. The minimum Gasteiger partial charge on any atom is -0.384 e. The molecule has 0 aliphatic heterocycles. The average molecular weight is 500 g/mol. The number of urea groups is 1. The van der Waals surface area contributed by atoms with Crippen LogP contribution in [0, 0.1) is 5.41 Å². The zero-order valence-corrected chi connectivity index (χ0v) is 20.1. The molecular formula is C27H25N5O3S. The van der Waals surface area contributed by atoms with Gasteiger partial charge >= 0.3 is 6.03 Å². The monoisotopic (exact) mass is 499 g/mol. The Bertz CT molecular complexity index is 1450. The fraction of sp³-hybridized carbons (Fsp3) is 0.0370. The summed E-state index contributed by atoms with van der Waals surface area (Å²) in [6, 6.07) is 30.4. The highest BCUT2D eigenvalue weighted by molar-refractivity contribution is 7.73. The predicted octanol–water partition coefficient (Wildman–Crippen LogP) is 4.81. The molecule has 4 aromatic rings. The van der Waals surface area contributed by atoms with Crippen molar-refractivity contribution in [3.63, 3.8) is 0 Å². The molecule has 0 bridgehead atoms. The SMILES string of the molecule is N=C(N)c1cccc(CN(C(=O)Nc2ccc(-c3ccccc3)c(N[SH](=O)=O)c2)c2ccccc2)c1. The summed E-state index contributed by atoms with van der Waals surface area (Å²) in [5.41, 5.74) is 9.98. The fourth-order valence-corrected chi connectivity index (χ4v) is 4.16. The average Bonchev–Trinajstić information content (AvgIpc) is 2.88. The van der Waals surface area contributed by atoms with Gasteiger partial charge in [-0.1, -0.05) is 72.8 Å². The Morgan fingerprint density at radius 1 is 0.861 bits per heavy atom. The molecule has 8 nitrogen and oxygen atoms in total. The van der Waals surface area contributed by atoms with Crippen LogP contribution in [0.5, 0.6) is 0 Å². The Labute approximate surface area is 211 Å². The molecule has 0 fully saturated rings. The van der Waals surface area contributed by atoms with E-state index in [0.29, 0.717) is 28.2 Å². The van der Waals surface area contributed by atoms with Gasteiger partial charge in [0.25, 0.3) is 0 Å². The number of anilines is 3. The van der Waals surface area contributed by atoms with Gasteiger partial charge in [-0.25, -0.2) is 13.2 Å². The summed E-state index contributed by atoms with van der Waals surface area (Å²) >= 11 is 0. The van der Waals surface area contributed by atoms with Crippen molar-refractivity contribution >= 4 is 39.8 Å². The van der Waals surface area contributed by atoms with Crippen molar-refractivity contribution in [1.29, 1.82) is 5.41 Å². The van der Waals surface area contributed by atoms with Crippen molar-refractivity contribution in [1.82, 2.24) is 0 Å². The van der Waals surface area contributed by atoms with Crippen LogP contribution in [0.2, 0.25) is 0 Å². The lowest BCUT2D eigenvalue weighted by molar-refractivity contribution is 0.256. The summed E-state index contributed by atoms with van der Waals surface area (Å²) < 4.78 is 25.4. The normalized spacial score (nSPS) is 10.6. The minimum absolute atomic E-state index is 0.0530. The van der Waals surface area contributed by atoms with Crippen molar-refractivity contribution in [2.45, 2.75) is 6.54 Å².